The fourth-order valence-electron chi connectivity index (χ4n) is 1.77. The lowest BCUT2D eigenvalue weighted by molar-refractivity contribution is -0.139. The maximum atomic E-state index is 11.8. The molecule has 3 N–H and O–H groups in total. The van der Waals surface area contributed by atoms with Gasteiger partial charge in [-0.05, 0) is 44.0 Å². The molecule has 0 spiro atoms. The second-order valence-electron chi connectivity index (χ2n) is 5.01. The average molecular weight is 308 g/mol. The van der Waals surface area contributed by atoms with Crippen LogP contribution in [0.2, 0.25) is 0 Å². The predicted octanol–water partition coefficient (Wildman–Crippen LogP) is 1.08. The van der Waals surface area contributed by atoms with E-state index in [4.69, 9.17) is 9.84 Å². The van der Waals surface area contributed by atoms with Crippen LogP contribution in [0.5, 0.6) is 5.75 Å². The number of ether oxygens (including phenoxy) is 1. The number of nitrogens with one attached hydrogen (secondary N) is 2. The van der Waals surface area contributed by atoms with Gasteiger partial charge >= 0.3 is 5.97 Å². The van der Waals surface area contributed by atoms with E-state index in [0.29, 0.717) is 5.75 Å². The molecule has 0 fully saturated rings. The summed E-state index contributed by atoms with van der Waals surface area (Å²) in [5.41, 5.74) is 6.38. The highest BCUT2D eigenvalue weighted by Crippen LogP contribution is 2.17. The molecule has 0 aliphatic carbocycles. The fraction of sp³-hybridized carbons (Fsp3) is 0.400. The highest BCUT2D eigenvalue weighted by molar-refractivity contribution is 5.85. The van der Waals surface area contributed by atoms with E-state index in [1.54, 1.807) is 6.92 Å². The van der Waals surface area contributed by atoms with Gasteiger partial charge in [-0.3, -0.25) is 25.2 Å². The monoisotopic (exact) mass is 308 g/mol. The van der Waals surface area contributed by atoms with Gasteiger partial charge in [-0.25, -0.2) is 0 Å². The Hall–Kier alpha value is -2.57. The molecule has 1 rings (SSSR count). The summed E-state index contributed by atoms with van der Waals surface area (Å²) >= 11 is 0. The molecule has 7 nitrogen and oxygen atoms in total. The first-order valence-corrected chi connectivity index (χ1v) is 6.83. The van der Waals surface area contributed by atoms with Crippen molar-refractivity contribution in [3.8, 4) is 5.75 Å². The number of hydrogen-bond acceptors (Lipinski definition) is 4. The van der Waals surface area contributed by atoms with E-state index < -0.39 is 23.9 Å². The van der Waals surface area contributed by atoms with Crippen molar-refractivity contribution in [3.05, 3.63) is 29.3 Å². The molecule has 22 heavy (non-hydrogen) atoms. The van der Waals surface area contributed by atoms with Crippen LogP contribution in [-0.4, -0.2) is 29.0 Å². The number of hydrogen-bond donors (Lipinski definition) is 3. The zero-order valence-electron chi connectivity index (χ0n) is 12.8. The molecule has 1 aromatic carbocycles. The molecule has 2 amide bonds. The summed E-state index contributed by atoms with van der Waals surface area (Å²) < 4.78 is 5.51. The van der Waals surface area contributed by atoms with Crippen molar-refractivity contribution in [1.82, 2.24) is 10.9 Å². The van der Waals surface area contributed by atoms with Gasteiger partial charge in [0, 0.05) is 6.42 Å². The molecule has 0 saturated heterocycles. The number of carbonyl (C=O) groups is 3. The summed E-state index contributed by atoms with van der Waals surface area (Å²) in [5, 5.41) is 8.45. The van der Waals surface area contributed by atoms with E-state index >= 15 is 0 Å². The Labute approximate surface area is 128 Å². The molecule has 1 atom stereocenters. The van der Waals surface area contributed by atoms with E-state index in [1.165, 1.54) is 0 Å². The van der Waals surface area contributed by atoms with Crippen molar-refractivity contribution in [2.75, 3.05) is 0 Å². The first-order chi connectivity index (χ1) is 10.3. The summed E-state index contributed by atoms with van der Waals surface area (Å²) in [7, 11) is 0. The highest BCUT2D eigenvalue weighted by Gasteiger charge is 2.16. The number of benzene rings is 1. The van der Waals surface area contributed by atoms with Crippen LogP contribution >= 0.6 is 0 Å². The molecular formula is C15H20N2O5. The first kappa shape index (κ1) is 17.5. The molecular weight excluding hydrogens is 288 g/mol. The van der Waals surface area contributed by atoms with Gasteiger partial charge in [0.15, 0.2) is 6.10 Å². The predicted molar refractivity (Wildman–Crippen MR) is 79.2 cm³/mol. The maximum Gasteiger partial charge on any atom is 0.303 e. The summed E-state index contributed by atoms with van der Waals surface area (Å²) in [5.74, 6) is -1.61. The molecule has 0 bridgehead atoms. The van der Waals surface area contributed by atoms with Gasteiger partial charge in [-0.1, -0.05) is 6.07 Å². The lowest BCUT2D eigenvalue weighted by Crippen LogP contribution is -2.47. The minimum Gasteiger partial charge on any atom is -0.481 e. The number of amides is 2. The normalized spacial score (nSPS) is 11.4. The fourth-order valence-corrected chi connectivity index (χ4v) is 1.77. The van der Waals surface area contributed by atoms with E-state index in [9.17, 15) is 14.4 Å². The molecule has 0 aromatic heterocycles. The van der Waals surface area contributed by atoms with Gasteiger partial charge < -0.3 is 9.84 Å². The minimum absolute atomic E-state index is 0.206. The second kappa shape index (κ2) is 8.02. The molecule has 0 radical (unpaired) electrons. The zero-order chi connectivity index (χ0) is 16.7. The lowest BCUT2D eigenvalue weighted by atomic mass is 10.1. The molecule has 7 heteroatoms. The van der Waals surface area contributed by atoms with Crippen LogP contribution in [0, 0.1) is 13.8 Å². The SMILES string of the molecule is Cc1cc(C)cc(OC(C)C(=O)NNC(=O)CCC(=O)O)c1. The molecule has 0 aliphatic rings. The highest BCUT2D eigenvalue weighted by atomic mass is 16.5. The standard InChI is InChI=1S/C15H20N2O5/c1-9-6-10(2)8-12(7-9)22-11(3)15(21)17-16-13(18)4-5-14(19)20/h6-8,11H,4-5H2,1-3H3,(H,16,18)(H,17,21)(H,19,20). The average Bonchev–Trinajstić information content (AvgIpc) is 2.41. The van der Waals surface area contributed by atoms with E-state index in [2.05, 4.69) is 10.9 Å². The first-order valence-electron chi connectivity index (χ1n) is 6.83. The zero-order valence-corrected chi connectivity index (χ0v) is 12.8. The van der Waals surface area contributed by atoms with Crippen molar-refractivity contribution >= 4 is 17.8 Å². The van der Waals surface area contributed by atoms with Gasteiger partial charge in [0.25, 0.3) is 5.91 Å². The molecule has 0 saturated carbocycles. The molecule has 1 aromatic rings. The Balaban J connectivity index is 2.44. The molecule has 120 valence electrons. The van der Waals surface area contributed by atoms with Crippen LogP contribution < -0.4 is 15.6 Å². The lowest BCUT2D eigenvalue weighted by Gasteiger charge is -2.16. The summed E-state index contributed by atoms with van der Waals surface area (Å²) in [6.45, 7) is 5.40. The van der Waals surface area contributed by atoms with Gasteiger partial charge in [0.2, 0.25) is 5.91 Å². The van der Waals surface area contributed by atoms with E-state index in [-0.39, 0.29) is 12.8 Å². The van der Waals surface area contributed by atoms with Gasteiger partial charge in [0.05, 0.1) is 6.42 Å². The third-order valence-electron chi connectivity index (χ3n) is 2.77. The Kier molecular flexibility index (Phi) is 6.37. The van der Waals surface area contributed by atoms with Crippen molar-refractivity contribution in [1.29, 1.82) is 0 Å². The van der Waals surface area contributed by atoms with Gasteiger partial charge in [0.1, 0.15) is 5.75 Å². The number of carboxylic acids is 1. The summed E-state index contributed by atoms with van der Waals surface area (Å²) in [6, 6.07) is 5.60. The summed E-state index contributed by atoms with van der Waals surface area (Å²) in [4.78, 5) is 33.4. The van der Waals surface area contributed by atoms with Gasteiger partial charge in [-0.2, -0.15) is 0 Å². The molecule has 1 unspecified atom stereocenters. The molecule has 0 aliphatic heterocycles. The quantitative estimate of drug-likeness (QED) is 0.682. The third-order valence-corrected chi connectivity index (χ3v) is 2.77. The van der Waals surface area contributed by atoms with Crippen LogP contribution in [-0.2, 0) is 14.4 Å². The van der Waals surface area contributed by atoms with Crippen molar-refractivity contribution < 1.29 is 24.2 Å². The largest absolute Gasteiger partial charge is 0.481 e. The van der Waals surface area contributed by atoms with Crippen LogP contribution in [0.15, 0.2) is 18.2 Å². The molecule has 0 heterocycles. The number of rotatable bonds is 6. The van der Waals surface area contributed by atoms with Crippen molar-refractivity contribution in [3.63, 3.8) is 0 Å². The van der Waals surface area contributed by atoms with Crippen molar-refractivity contribution in [2.45, 2.75) is 39.7 Å². The van der Waals surface area contributed by atoms with E-state index in [1.807, 2.05) is 32.0 Å². The summed E-state index contributed by atoms with van der Waals surface area (Å²) in [6.07, 6.45) is -1.31. The Morgan fingerprint density at radius 2 is 1.68 bits per heavy atom. The minimum atomic E-state index is -1.08. The second-order valence-corrected chi connectivity index (χ2v) is 5.01. The van der Waals surface area contributed by atoms with Crippen LogP contribution in [0.25, 0.3) is 0 Å². The van der Waals surface area contributed by atoms with E-state index in [0.717, 1.165) is 11.1 Å². The van der Waals surface area contributed by atoms with Crippen LogP contribution in [0.3, 0.4) is 0 Å². The Morgan fingerprint density at radius 3 is 2.23 bits per heavy atom. The number of carbonyl (C=O) groups excluding carboxylic acids is 2. The topological polar surface area (TPSA) is 105 Å². The van der Waals surface area contributed by atoms with Gasteiger partial charge in [-0.15, -0.1) is 0 Å². The smallest absolute Gasteiger partial charge is 0.303 e. The maximum absolute atomic E-state index is 11.8. The Morgan fingerprint density at radius 1 is 1.09 bits per heavy atom. The number of hydrazine groups is 1. The van der Waals surface area contributed by atoms with Crippen LogP contribution in [0.4, 0.5) is 0 Å². The third kappa shape index (κ3) is 6.25. The van der Waals surface area contributed by atoms with Crippen molar-refractivity contribution in [2.24, 2.45) is 0 Å². The number of carboxylic acid groups (broad SMARTS) is 1. The number of aryl methyl sites for hydroxylation is 2. The number of aliphatic carboxylic acids is 1. The Bertz CT molecular complexity index is 551. The van der Waals surface area contributed by atoms with Crippen LogP contribution in [0.1, 0.15) is 30.9 Å².